The molecule has 0 unspecified atom stereocenters. The summed E-state index contributed by atoms with van der Waals surface area (Å²) in [5.74, 6) is 0. The van der Waals surface area contributed by atoms with Crippen LogP contribution in [0.1, 0.15) is 24.5 Å². The van der Waals surface area contributed by atoms with E-state index in [1.54, 1.807) is 0 Å². The molecule has 0 bridgehead atoms. The van der Waals surface area contributed by atoms with E-state index in [0.717, 1.165) is 17.6 Å². The molecule has 0 saturated heterocycles. The maximum Gasteiger partial charge on any atom is -0.00820 e. The maximum atomic E-state index is 4.52. The van der Waals surface area contributed by atoms with Gasteiger partial charge in [-0.2, -0.15) is 0 Å². The van der Waals surface area contributed by atoms with E-state index in [1.807, 2.05) is 6.07 Å². The third kappa shape index (κ3) is 5.66. The molecule has 5 aromatic rings. The predicted molar refractivity (Wildman–Crippen MR) is 182 cm³/mol. The summed E-state index contributed by atoms with van der Waals surface area (Å²) in [6.45, 7) is 6.71. The van der Waals surface area contributed by atoms with Gasteiger partial charge >= 0.3 is 0 Å². The van der Waals surface area contributed by atoms with Gasteiger partial charge in [-0.25, -0.2) is 0 Å². The molecule has 42 heavy (non-hydrogen) atoms. The summed E-state index contributed by atoms with van der Waals surface area (Å²) in [6.07, 6.45) is 15.9. The van der Waals surface area contributed by atoms with E-state index < -0.39 is 0 Å². The molecule has 0 amide bonds. The number of allylic oxidation sites excluding steroid dienone is 8. The molecule has 0 spiro atoms. The van der Waals surface area contributed by atoms with Crippen molar-refractivity contribution in [2.75, 3.05) is 0 Å². The first kappa shape index (κ1) is 27.0. The van der Waals surface area contributed by atoms with Crippen LogP contribution in [0.4, 0.5) is 0 Å². The zero-order valence-corrected chi connectivity index (χ0v) is 24.0. The van der Waals surface area contributed by atoms with Crippen LogP contribution in [0.3, 0.4) is 0 Å². The molecule has 0 saturated carbocycles. The summed E-state index contributed by atoms with van der Waals surface area (Å²) in [5.41, 5.74) is 9.58. The van der Waals surface area contributed by atoms with E-state index in [4.69, 9.17) is 0 Å². The summed E-state index contributed by atoms with van der Waals surface area (Å²) in [7, 11) is 0. The number of hydrogen-bond acceptors (Lipinski definition) is 0. The average molecular weight is 539 g/mol. The second kappa shape index (κ2) is 12.5. The Bertz CT molecular complexity index is 2000. The van der Waals surface area contributed by atoms with E-state index in [2.05, 4.69) is 171 Å². The fraction of sp³-hybridized carbons (Fsp3) is 0.0476. The van der Waals surface area contributed by atoms with Crippen LogP contribution in [0.2, 0.25) is 0 Å². The quantitative estimate of drug-likeness (QED) is 0.195. The lowest BCUT2D eigenvalue weighted by atomic mass is 9.87. The van der Waals surface area contributed by atoms with Crippen LogP contribution in [0.5, 0.6) is 0 Å². The first-order valence-corrected chi connectivity index (χ1v) is 14.5. The summed E-state index contributed by atoms with van der Waals surface area (Å²) in [5, 5.41) is 4.96. The molecule has 0 radical (unpaired) electrons. The van der Waals surface area contributed by atoms with Gasteiger partial charge in [0.2, 0.25) is 0 Å². The Morgan fingerprint density at radius 2 is 1.31 bits per heavy atom. The average Bonchev–Trinajstić information content (AvgIpc) is 3.03. The monoisotopic (exact) mass is 538 g/mol. The van der Waals surface area contributed by atoms with E-state index in [1.165, 1.54) is 54.6 Å². The minimum Gasteiger partial charge on any atom is -0.0911 e. The maximum absolute atomic E-state index is 4.52. The van der Waals surface area contributed by atoms with Gasteiger partial charge in [-0.15, -0.1) is 0 Å². The summed E-state index contributed by atoms with van der Waals surface area (Å²) >= 11 is 0. The first-order chi connectivity index (χ1) is 20.7. The van der Waals surface area contributed by atoms with Gasteiger partial charge in [0.15, 0.2) is 0 Å². The Balaban J connectivity index is 1.63. The fourth-order valence-electron chi connectivity index (χ4n) is 5.88. The fourth-order valence-corrected chi connectivity index (χ4v) is 5.88. The largest absolute Gasteiger partial charge is 0.0911 e. The van der Waals surface area contributed by atoms with Gasteiger partial charge in [-0.1, -0.05) is 170 Å². The Hall–Kier alpha value is -5.20. The molecule has 0 aromatic heterocycles. The Kier molecular flexibility index (Phi) is 8.06. The van der Waals surface area contributed by atoms with Crippen LogP contribution >= 0.6 is 0 Å². The molecule has 0 atom stereocenters. The van der Waals surface area contributed by atoms with Crippen molar-refractivity contribution < 1.29 is 0 Å². The Morgan fingerprint density at radius 1 is 0.643 bits per heavy atom. The molecule has 202 valence electrons. The van der Waals surface area contributed by atoms with Crippen molar-refractivity contribution in [3.63, 3.8) is 0 Å². The Labute approximate surface area is 249 Å². The van der Waals surface area contributed by atoms with Gasteiger partial charge in [0.25, 0.3) is 0 Å². The smallest absolute Gasteiger partial charge is 0.00820 e. The van der Waals surface area contributed by atoms with Crippen LogP contribution in [-0.4, -0.2) is 0 Å². The van der Waals surface area contributed by atoms with Gasteiger partial charge < -0.3 is 0 Å². The van der Waals surface area contributed by atoms with Crippen LogP contribution in [0.15, 0.2) is 176 Å². The topological polar surface area (TPSA) is 0 Å². The highest BCUT2D eigenvalue weighted by atomic mass is 14.2. The molecule has 0 aliphatic heterocycles. The number of rotatable bonds is 5. The molecule has 1 aliphatic rings. The van der Waals surface area contributed by atoms with Crippen molar-refractivity contribution in [2.45, 2.75) is 13.3 Å². The normalized spacial score (nSPS) is 18.1. The zero-order valence-electron chi connectivity index (χ0n) is 24.0. The van der Waals surface area contributed by atoms with Gasteiger partial charge in [-0.05, 0) is 79.1 Å². The van der Waals surface area contributed by atoms with Gasteiger partial charge in [0, 0.05) is 0 Å². The molecule has 6 rings (SSSR count). The highest BCUT2D eigenvalue weighted by Gasteiger charge is 2.14. The lowest BCUT2D eigenvalue weighted by Crippen LogP contribution is -2.30. The molecule has 5 aromatic carbocycles. The number of fused-ring (bicyclic) bond motifs is 2. The van der Waals surface area contributed by atoms with Crippen molar-refractivity contribution in [2.24, 2.45) is 0 Å². The van der Waals surface area contributed by atoms with Gasteiger partial charge in [0.1, 0.15) is 0 Å². The van der Waals surface area contributed by atoms with Crippen LogP contribution in [0, 0.1) is 0 Å². The van der Waals surface area contributed by atoms with Crippen molar-refractivity contribution in [3.8, 4) is 11.1 Å². The molecule has 0 heterocycles. The van der Waals surface area contributed by atoms with Crippen molar-refractivity contribution >= 4 is 28.0 Å². The highest BCUT2D eigenvalue weighted by molar-refractivity contribution is 5.99. The Morgan fingerprint density at radius 3 is 2.17 bits per heavy atom. The summed E-state index contributed by atoms with van der Waals surface area (Å²) in [4.78, 5) is 0. The van der Waals surface area contributed by atoms with Crippen molar-refractivity contribution in [3.05, 3.63) is 197 Å². The lowest BCUT2D eigenvalue weighted by molar-refractivity contribution is 1.32. The van der Waals surface area contributed by atoms with Crippen molar-refractivity contribution in [1.82, 2.24) is 0 Å². The van der Waals surface area contributed by atoms with E-state index >= 15 is 0 Å². The van der Waals surface area contributed by atoms with Crippen LogP contribution < -0.4 is 10.4 Å². The number of hydrogen-bond donors (Lipinski definition) is 0. The molecule has 0 fully saturated rings. The van der Waals surface area contributed by atoms with Crippen LogP contribution in [0.25, 0.3) is 39.1 Å². The SMILES string of the molecule is C=C1/C=C\C=C/C/C(c2ccccc2-c2cccc3ccccc23)=c2/cccc/c2=C1\C(C)=C\C=C/c1ccccc1. The van der Waals surface area contributed by atoms with E-state index in [9.17, 15) is 0 Å². The van der Waals surface area contributed by atoms with Gasteiger partial charge in [0.05, 0.1) is 0 Å². The first-order valence-electron chi connectivity index (χ1n) is 14.5. The highest BCUT2D eigenvalue weighted by Crippen LogP contribution is 2.34. The molecular weight excluding hydrogens is 504 g/mol. The summed E-state index contributed by atoms with van der Waals surface area (Å²) in [6, 6.07) is 43.3. The lowest BCUT2D eigenvalue weighted by Gasteiger charge is -2.17. The molecular formula is C42H34. The predicted octanol–water partition coefficient (Wildman–Crippen LogP) is 9.59. The third-order valence-electron chi connectivity index (χ3n) is 7.87. The number of benzene rings is 5. The molecule has 1 aliphatic carbocycles. The second-order valence-electron chi connectivity index (χ2n) is 10.6. The molecule has 0 heteroatoms. The minimum absolute atomic E-state index is 0.819. The van der Waals surface area contributed by atoms with Crippen molar-refractivity contribution in [1.29, 1.82) is 0 Å². The molecule has 0 nitrogen and oxygen atoms in total. The second-order valence-corrected chi connectivity index (χ2v) is 10.6. The third-order valence-corrected chi connectivity index (χ3v) is 7.87. The molecule has 0 N–H and O–H groups in total. The zero-order chi connectivity index (χ0) is 28.7. The van der Waals surface area contributed by atoms with Gasteiger partial charge in [-0.3, -0.25) is 0 Å². The van der Waals surface area contributed by atoms with E-state index in [0.29, 0.717) is 0 Å². The van der Waals surface area contributed by atoms with Crippen LogP contribution in [-0.2, 0) is 0 Å². The van der Waals surface area contributed by atoms with E-state index in [-0.39, 0.29) is 0 Å². The summed E-state index contributed by atoms with van der Waals surface area (Å²) < 4.78 is 0. The minimum atomic E-state index is 0.819. The standard InChI is InChI=1S/C42H34/c1-31-17-5-3-8-25-39(38-27-12-11-26-37(38)36-30-16-23-34-22-9-10-24-35(34)36)40-28-13-14-29-41(40)42(31)32(2)18-15-21-33-19-6-4-7-20-33/h3-24,26-30H,1,25H2,2H3/b8-3-,17-5-,21-15-,32-18+,40-39+,42-41+.